The van der Waals surface area contributed by atoms with Gasteiger partial charge in [-0.05, 0) is 13.3 Å². The van der Waals surface area contributed by atoms with E-state index in [1.54, 1.807) is 13.1 Å². The molecule has 1 rings (SSSR count). The topological polar surface area (TPSA) is 45.8 Å². The molecule has 0 atom stereocenters. The number of aromatic amines is 1. The summed E-state index contributed by atoms with van der Waals surface area (Å²) in [6.45, 7) is 3.82. The SMILES string of the molecule is CCCc1cnc(C)[nH]c1=O. The summed E-state index contributed by atoms with van der Waals surface area (Å²) in [5, 5.41) is 0. The summed E-state index contributed by atoms with van der Waals surface area (Å²) in [5.41, 5.74) is 0.775. The molecular weight excluding hydrogens is 140 g/mol. The van der Waals surface area contributed by atoms with Gasteiger partial charge in [-0.25, -0.2) is 4.98 Å². The predicted molar refractivity (Wildman–Crippen MR) is 43.6 cm³/mol. The van der Waals surface area contributed by atoms with Crippen LogP contribution in [-0.2, 0) is 6.42 Å². The number of H-pyrrole nitrogens is 1. The van der Waals surface area contributed by atoms with E-state index in [0.717, 1.165) is 18.4 Å². The highest BCUT2D eigenvalue weighted by molar-refractivity contribution is 5.05. The van der Waals surface area contributed by atoms with Gasteiger partial charge in [0.15, 0.2) is 0 Å². The fourth-order valence-corrected chi connectivity index (χ4v) is 0.958. The van der Waals surface area contributed by atoms with Gasteiger partial charge in [0.2, 0.25) is 0 Å². The average Bonchev–Trinajstić information content (AvgIpc) is 1.95. The minimum absolute atomic E-state index is 0.000602. The molecule has 60 valence electrons. The molecule has 3 heteroatoms. The minimum Gasteiger partial charge on any atom is -0.311 e. The first-order chi connectivity index (χ1) is 5.24. The van der Waals surface area contributed by atoms with E-state index >= 15 is 0 Å². The van der Waals surface area contributed by atoms with Crippen molar-refractivity contribution in [2.75, 3.05) is 0 Å². The first-order valence-electron chi connectivity index (χ1n) is 3.79. The third-order valence-electron chi connectivity index (χ3n) is 1.52. The van der Waals surface area contributed by atoms with Crippen molar-refractivity contribution in [3.63, 3.8) is 0 Å². The molecule has 0 aliphatic rings. The Bertz CT molecular complexity index is 290. The van der Waals surface area contributed by atoms with Gasteiger partial charge in [-0.3, -0.25) is 4.79 Å². The molecule has 0 aromatic carbocycles. The fraction of sp³-hybridized carbons (Fsp3) is 0.500. The zero-order chi connectivity index (χ0) is 8.27. The van der Waals surface area contributed by atoms with Gasteiger partial charge < -0.3 is 4.98 Å². The number of hydrogen-bond donors (Lipinski definition) is 1. The molecule has 0 bridgehead atoms. The Hall–Kier alpha value is -1.12. The third kappa shape index (κ3) is 1.90. The largest absolute Gasteiger partial charge is 0.311 e. The molecule has 1 aromatic heterocycles. The van der Waals surface area contributed by atoms with Crippen LogP contribution in [0.2, 0.25) is 0 Å². The van der Waals surface area contributed by atoms with Gasteiger partial charge in [0.1, 0.15) is 5.82 Å². The summed E-state index contributed by atoms with van der Waals surface area (Å²) in [4.78, 5) is 17.8. The van der Waals surface area contributed by atoms with E-state index < -0.39 is 0 Å². The van der Waals surface area contributed by atoms with Crippen LogP contribution in [0.3, 0.4) is 0 Å². The van der Waals surface area contributed by atoms with Crippen molar-refractivity contribution < 1.29 is 0 Å². The lowest BCUT2D eigenvalue weighted by atomic mass is 10.2. The number of rotatable bonds is 2. The van der Waals surface area contributed by atoms with Crippen molar-refractivity contribution in [2.45, 2.75) is 26.7 Å². The monoisotopic (exact) mass is 152 g/mol. The van der Waals surface area contributed by atoms with Crippen molar-refractivity contribution in [1.82, 2.24) is 9.97 Å². The van der Waals surface area contributed by atoms with Crippen molar-refractivity contribution in [2.24, 2.45) is 0 Å². The number of aromatic nitrogens is 2. The Balaban J connectivity index is 3.00. The first-order valence-corrected chi connectivity index (χ1v) is 3.79. The summed E-state index contributed by atoms with van der Waals surface area (Å²) < 4.78 is 0. The summed E-state index contributed by atoms with van der Waals surface area (Å²) in [6.07, 6.45) is 3.44. The number of nitrogens with zero attached hydrogens (tertiary/aromatic N) is 1. The summed E-state index contributed by atoms with van der Waals surface area (Å²) in [7, 11) is 0. The smallest absolute Gasteiger partial charge is 0.254 e. The van der Waals surface area contributed by atoms with Crippen LogP contribution in [-0.4, -0.2) is 9.97 Å². The molecule has 0 aliphatic heterocycles. The van der Waals surface area contributed by atoms with Gasteiger partial charge in [-0.1, -0.05) is 13.3 Å². The van der Waals surface area contributed by atoms with E-state index in [-0.39, 0.29) is 5.56 Å². The lowest BCUT2D eigenvalue weighted by molar-refractivity contribution is 0.871. The number of aryl methyl sites for hydroxylation is 2. The highest BCUT2D eigenvalue weighted by Crippen LogP contribution is 1.92. The summed E-state index contributed by atoms with van der Waals surface area (Å²) in [5.74, 6) is 0.676. The van der Waals surface area contributed by atoms with Crippen molar-refractivity contribution in [3.05, 3.63) is 27.9 Å². The molecule has 0 fully saturated rings. The van der Waals surface area contributed by atoms with Crippen LogP contribution in [0.1, 0.15) is 24.7 Å². The molecule has 3 nitrogen and oxygen atoms in total. The predicted octanol–water partition coefficient (Wildman–Crippen LogP) is 1.03. The molecule has 0 unspecified atom stereocenters. The summed E-state index contributed by atoms with van der Waals surface area (Å²) in [6, 6.07) is 0. The van der Waals surface area contributed by atoms with Crippen LogP contribution in [0.4, 0.5) is 0 Å². The molecule has 0 saturated heterocycles. The van der Waals surface area contributed by atoms with Crippen LogP contribution in [0, 0.1) is 6.92 Å². The Morgan fingerprint density at radius 2 is 2.36 bits per heavy atom. The van der Waals surface area contributed by atoms with E-state index in [1.807, 2.05) is 6.92 Å². The number of nitrogens with one attached hydrogen (secondary N) is 1. The van der Waals surface area contributed by atoms with Crippen LogP contribution >= 0.6 is 0 Å². The highest BCUT2D eigenvalue weighted by atomic mass is 16.1. The molecule has 0 aliphatic carbocycles. The molecule has 0 radical (unpaired) electrons. The zero-order valence-electron chi connectivity index (χ0n) is 6.85. The van der Waals surface area contributed by atoms with E-state index in [2.05, 4.69) is 9.97 Å². The van der Waals surface area contributed by atoms with Crippen LogP contribution in [0.5, 0.6) is 0 Å². The standard InChI is InChI=1S/C8H12N2O/c1-3-4-7-5-9-6(2)10-8(7)11/h5H,3-4H2,1-2H3,(H,9,10,11). The normalized spacial score (nSPS) is 10.0. The molecule has 0 spiro atoms. The van der Waals surface area contributed by atoms with Crippen molar-refractivity contribution in [1.29, 1.82) is 0 Å². The Kier molecular flexibility index (Phi) is 2.41. The molecule has 0 amide bonds. The second kappa shape index (κ2) is 3.32. The quantitative estimate of drug-likeness (QED) is 0.688. The average molecular weight is 152 g/mol. The molecule has 11 heavy (non-hydrogen) atoms. The lowest BCUT2D eigenvalue weighted by Crippen LogP contribution is -2.14. The molecule has 0 saturated carbocycles. The third-order valence-corrected chi connectivity index (χ3v) is 1.52. The van der Waals surface area contributed by atoms with Crippen LogP contribution < -0.4 is 5.56 Å². The van der Waals surface area contributed by atoms with Gasteiger partial charge in [0.25, 0.3) is 5.56 Å². The van der Waals surface area contributed by atoms with Gasteiger partial charge in [-0.2, -0.15) is 0 Å². The van der Waals surface area contributed by atoms with E-state index in [9.17, 15) is 4.79 Å². The van der Waals surface area contributed by atoms with Crippen molar-refractivity contribution >= 4 is 0 Å². The Morgan fingerprint density at radius 1 is 1.64 bits per heavy atom. The zero-order valence-corrected chi connectivity index (χ0v) is 6.85. The van der Waals surface area contributed by atoms with Crippen LogP contribution in [0.25, 0.3) is 0 Å². The second-order valence-corrected chi connectivity index (χ2v) is 2.57. The maximum atomic E-state index is 11.1. The maximum absolute atomic E-state index is 11.1. The lowest BCUT2D eigenvalue weighted by Gasteiger charge is -1.96. The summed E-state index contributed by atoms with van der Waals surface area (Å²) >= 11 is 0. The number of hydrogen-bond acceptors (Lipinski definition) is 2. The van der Waals surface area contributed by atoms with Gasteiger partial charge >= 0.3 is 0 Å². The van der Waals surface area contributed by atoms with Gasteiger partial charge in [-0.15, -0.1) is 0 Å². The highest BCUT2D eigenvalue weighted by Gasteiger charge is 1.97. The molecular formula is C8H12N2O. The second-order valence-electron chi connectivity index (χ2n) is 2.57. The van der Waals surface area contributed by atoms with Gasteiger partial charge in [0.05, 0.1) is 0 Å². The first kappa shape index (κ1) is 7.98. The van der Waals surface area contributed by atoms with E-state index in [4.69, 9.17) is 0 Å². The fourth-order valence-electron chi connectivity index (χ4n) is 0.958. The molecule has 1 heterocycles. The molecule has 1 N–H and O–H groups in total. The minimum atomic E-state index is -0.000602. The van der Waals surface area contributed by atoms with Crippen LogP contribution in [0.15, 0.2) is 11.0 Å². The Labute approximate surface area is 65.5 Å². The molecule has 1 aromatic rings. The maximum Gasteiger partial charge on any atom is 0.254 e. The van der Waals surface area contributed by atoms with Crippen molar-refractivity contribution in [3.8, 4) is 0 Å². The van der Waals surface area contributed by atoms with E-state index in [1.165, 1.54) is 0 Å². The van der Waals surface area contributed by atoms with E-state index in [0.29, 0.717) is 5.82 Å². The Morgan fingerprint density at radius 3 is 2.91 bits per heavy atom. The van der Waals surface area contributed by atoms with Gasteiger partial charge in [0, 0.05) is 11.8 Å².